The molecule has 1 rings (SSSR count). The summed E-state index contributed by atoms with van der Waals surface area (Å²) in [6.45, 7) is 6.96. The van der Waals surface area contributed by atoms with Crippen LogP contribution in [0.15, 0.2) is 29.3 Å². The van der Waals surface area contributed by atoms with E-state index in [0.29, 0.717) is 13.2 Å². The number of nitrogens with one attached hydrogen (secondary N) is 2. The number of benzene rings is 1. The van der Waals surface area contributed by atoms with Crippen LogP contribution in [0.1, 0.15) is 31.7 Å². The molecule has 0 amide bonds. The van der Waals surface area contributed by atoms with E-state index in [1.165, 1.54) is 12.0 Å². The molecule has 0 atom stereocenters. The van der Waals surface area contributed by atoms with Crippen LogP contribution in [0.2, 0.25) is 0 Å². The van der Waals surface area contributed by atoms with E-state index in [2.05, 4.69) is 39.6 Å². The summed E-state index contributed by atoms with van der Waals surface area (Å²) in [4.78, 5) is 6.37. The summed E-state index contributed by atoms with van der Waals surface area (Å²) in [6.07, 6.45) is 3.28. The van der Waals surface area contributed by atoms with Crippen molar-refractivity contribution in [1.29, 1.82) is 0 Å². The lowest BCUT2D eigenvalue weighted by molar-refractivity contribution is 0.129. The fourth-order valence-corrected chi connectivity index (χ4v) is 2.23. The van der Waals surface area contributed by atoms with E-state index >= 15 is 0 Å². The van der Waals surface area contributed by atoms with Gasteiger partial charge in [0.25, 0.3) is 0 Å². The van der Waals surface area contributed by atoms with Crippen molar-refractivity contribution in [3.8, 4) is 5.75 Å². The summed E-state index contributed by atoms with van der Waals surface area (Å²) in [5, 5.41) is 6.65. The highest BCUT2D eigenvalue weighted by Crippen LogP contribution is 2.13. The molecule has 0 bridgehead atoms. The molecule has 0 spiro atoms. The van der Waals surface area contributed by atoms with E-state index in [0.717, 1.165) is 50.9 Å². The largest absolute Gasteiger partial charge is 0.492 e. The van der Waals surface area contributed by atoms with Gasteiger partial charge < -0.3 is 25.0 Å². The maximum atomic E-state index is 5.78. The zero-order valence-electron chi connectivity index (χ0n) is 16.9. The quantitative estimate of drug-likeness (QED) is 0.320. The van der Waals surface area contributed by atoms with E-state index in [1.54, 1.807) is 7.05 Å². The molecule has 1 aromatic carbocycles. The second-order valence-electron chi connectivity index (χ2n) is 6.47. The van der Waals surface area contributed by atoms with Crippen LogP contribution in [0.5, 0.6) is 5.75 Å². The molecule has 2 N–H and O–H groups in total. The summed E-state index contributed by atoms with van der Waals surface area (Å²) in [6, 6.07) is 8.16. The van der Waals surface area contributed by atoms with Gasteiger partial charge in [-0.3, -0.25) is 4.99 Å². The Kier molecular flexibility index (Phi) is 12.3. The predicted octanol–water partition coefficient (Wildman–Crippen LogP) is 2.50. The second-order valence-corrected chi connectivity index (χ2v) is 6.47. The lowest BCUT2D eigenvalue weighted by atomic mass is 10.2. The topological polar surface area (TPSA) is 58.1 Å². The number of rotatable bonds is 13. The first-order valence-corrected chi connectivity index (χ1v) is 9.54. The second kappa shape index (κ2) is 14.4. The van der Waals surface area contributed by atoms with Crippen molar-refractivity contribution in [2.75, 3.05) is 54.1 Å². The van der Waals surface area contributed by atoms with Crippen LogP contribution in [0, 0.1) is 0 Å². The van der Waals surface area contributed by atoms with Crippen molar-refractivity contribution in [3.63, 3.8) is 0 Å². The average Bonchev–Trinajstić information content (AvgIpc) is 2.63. The number of hydrogen-bond donors (Lipinski definition) is 2. The highest BCUT2D eigenvalue weighted by molar-refractivity contribution is 5.79. The number of hydrogen-bond acceptors (Lipinski definition) is 4. The zero-order chi connectivity index (χ0) is 19.0. The lowest BCUT2D eigenvalue weighted by Crippen LogP contribution is -2.37. The summed E-state index contributed by atoms with van der Waals surface area (Å²) >= 11 is 0. The Morgan fingerprint density at radius 3 is 2.65 bits per heavy atom. The molecule has 26 heavy (non-hydrogen) atoms. The Morgan fingerprint density at radius 1 is 1.12 bits per heavy atom. The Balaban J connectivity index is 2.26. The summed E-state index contributed by atoms with van der Waals surface area (Å²) in [5.41, 5.74) is 1.17. The number of aliphatic imine (C=N–C) groups is 1. The molecule has 6 nitrogen and oxygen atoms in total. The molecule has 0 aliphatic carbocycles. The van der Waals surface area contributed by atoms with Crippen LogP contribution < -0.4 is 15.4 Å². The molecule has 0 aliphatic rings. The first kappa shape index (κ1) is 22.3. The van der Waals surface area contributed by atoms with Gasteiger partial charge in [0, 0.05) is 39.9 Å². The van der Waals surface area contributed by atoms with Crippen LogP contribution in [0.4, 0.5) is 0 Å². The van der Waals surface area contributed by atoms with Crippen molar-refractivity contribution in [1.82, 2.24) is 15.5 Å². The standard InChI is InChI=1S/C20H36N4O2/c1-5-6-13-25-14-8-11-22-20(21-2)23-17-18-9-7-10-19(16-18)26-15-12-24(3)4/h7,9-10,16H,5-6,8,11-15,17H2,1-4H3,(H2,21,22,23). The minimum absolute atomic E-state index is 0.688. The van der Waals surface area contributed by atoms with Gasteiger partial charge >= 0.3 is 0 Å². The summed E-state index contributed by atoms with van der Waals surface area (Å²) in [7, 11) is 5.87. The van der Waals surface area contributed by atoms with E-state index in [4.69, 9.17) is 9.47 Å². The Hall–Kier alpha value is -1.79. The monoisotopic (exact) mass is 364 g/mol. The van der Waals surface area contributed by atoms with Crippen LogP contribution >= 0.6 is 0 Å². The van der Waals surface area contributed by atoms with Crippen molar-refractivity contribution in [2.24, 2.45) is 4.99 Å². The zero-order valence-corrected chi connectivity index (χ0v) is 16.9. The van der Waals surface area contributed by atoms with Gasteiger partial charge in [-0.2, -0.15) is 0 Å². The maximum Gasteiger partial charge on any atom is 0.191 e. The van der Waals surface area contributed by atoms with Gasteiger partial charge in [-0.15, -0.1) is 0 Å². The Labute approximate surface area is 159 Å². The van der Waals surface area contributed by atoms with E-state index < -0.39 is 0 Å². The molecule has 0 aromatic heterocycles. The predicted molar refractivity (Wildman–Crippen MR) is 109 cm³/mol. The van der Waals surface area contributed by atoms with Crippen LogP contribution in [-0.4, -0.2) is 64.9 Å². The number of unbranched alkanes of at least 4 members (excludes halogenated alkanes) is 1. The molecule has 1 aromatic rings. The smallest absolute Gasteiger partial charge is 0.191 e. The third kappa shape index (κ3) is 10.9. The van der Waals surface area contributed by atoms with Crippen LogP contribution in [-0.2, 0) is 11.3 Å². The Morgan fingerprint density at radius 2 is 1.92 bits per heavy atom. The molecular formula is C20H36N4O2. The van der Waals surface area contributed by atoms with E-state index in [9.17, 15) is 0 Å². The molecule has 0 radical (unpaired) electrons. The third-order valence-corrected chi connectivity index (χ3v) is 3.79. The SMILES string of the molecule is CCCCOCCCNC(=NC)NCc1cccc(OCCN(C)C)c1. The van der Waals surface area contributed by atoms with Crippen molar-refractivity contribution in [2.45, 2.75) is 32.7 Å². The van der Waals surface area contributed by atoms with Gasteiger partial charge in [0.15, 0.2) is 5.96 Å². The maximum absolute atomic E-state index is 5.78. The van der Waals surface area contributed by atoms with Crippen molar-refractivity contribution < 1.29 is 9.47 Å². The molecule has 6 heteroatoms. The van der Waals surface area contributed by atoms with Gasteiger partial charge in [-0.05, 0) is 44.6 Å². The first-order chi connectivity index (χ1) is 12.7. The minimum Gasteiger partial charge on any atom is -0.492 e. The van der Waals surface area contributed by atoms with Crippen molar-refractivity contribution >= 4 is 5.96 Å². The number of likely N-dealkylation sites (N-methyl/N-ethyl adjacent to an activating group) is 1. The summed E-state index contributed by atoms with van der Waals surface area (Å²) in [5.74, 6) is 1.70. The molecule has 148 valence electrons. The third-order valence-electron chi connectivity index (χ3n) is 3.79. The highest BCUT2D eigenvalue weighted by atomic mass is 16.5. The molecule has 0 saturated heterocycles. The van der Waals surface area contributed by atoms with Gasteiger partial charge in [-0.25, -0.2) is 0 Å². The lowest BCUT2D eigenvalue weighted by Gasteiger charge is -2.14. The van der Waals surface area contributed by atoms with E-state index in [1.807, 2.05) is 26.2 Å². The number of guanidine groups is 1. The van der Waals surface area contributed by atoms with Gasteiger partial charge in [0.1, 0.15) is 12.4 Å². The average molecular weight is 365 g/mol. The number of nitrogens with zero attached hydrogens (tertiary/aromatic N) is 2. The number of ether oxygens (including phenoxy) is 2. The van der Waals surface area contributed by atoms with Gasteiger partial charge in [0.05, 0.1) is 0 Å². The van der Waals surface area contributed by atoms with Crippen LogP contribution in [0.25, 0.3) is 0 Å². The fraction of sp³-hybridized carbons (Fsp3) is 0.650. The molecule has 0 saturated carbocycles. The Bertz CT molecular complexity index is 506. The van der Waals surface area contributed by atoms with Gasteiger partial charge in [-0.1, -0.05) is 25.5 Å². The molecule has 0 aliphatic heterocycles. The first-order valence-electron chi connectivity index (χ1n) is 9.54. The van der Waals surface area contributed by atoms with E-state index in [-0.39, 0.29) is 0 Å². The molecule has 0 fully saturated rings. The van der Waals surface area contributed by atoms with Crippen molar-refractivity contribution in [3.05, 3.63) is 29.8 Å². The molecular weight excluding hydrogens is 328 g/mol. The normalized spacial score (nSPS) is 11.7. The fourth-order valence-electron chi connectivity index (χ4n) is 2.23. The van der Waals surface area contributed by atoms with Gasteiger partial charge in [0.2, 0.25) is 0 Å². The van der Waals surface area contributed by atoms with Crippen LogP contribution in [0.3, 0.4) is 0 Å². The highest BCUT2D eigenvalue weighted by Gasteiger charge is 2.01. The summed E-state index contributed by atoms with van der Waals surface area (Å²) < 4.78 is 11.3. The molecule has 0 heterocycles. The molecule has 0 unspecified atom stereocenters. The minimum atomic E-state index is 0.688.